The summed E-state index contributed by atoms with van der Waals surface area (Å²) in [4.78, 5) is 13.1. The normalized spacial score (nSPS) is 23.2. The minimum Gasteiger partial charge on any atom is -0.481 e. The highest BCUT2D eigenvalue weighted by atomic mass is 33.1. The van der Waals surface area contributed by atoms with Gasteiger partial charge in [-0.3, -0.25) is 4.79 Å². The summed E-state index contributed by atoms with van der Waals surface area (Å²) in [5.41, 5.74) is 0. The molecule has 1 aliphatic heterocycles. The Morgan fingerprint density at radius 1 is 1.50 bits per heavy atom. The Labute approximate surface area is 117 Å². The highest BCUT2D eigenvalue weighted by Crippen LogP contribution is 2.40. The van der Waals surface area contributed by atoms with Crippen molar-refractivity contribution in [2.45, 2.75) is 37.0 Å². The summed E-state index contributed by atoms with van der Waals surface area (Å²) >= 11 is 0. The summed E-state index contributed by atoms with van der Waals surface area (Å²) < 4.78 is 0. The maximum atomic E-state index is 11.3. The van der Waals surface area contributed by atoms with Gasteiger partial charge in [0.2, 0.25) is 0 Å². The lowest BCUT2D eigenvalue weighted by molar-refractivity contribution is -0.145. The molecule has 18 heavy (non-hydrogen) atoms. The third-order valence-corrected chi connectivity index (χ3v) is 6.41. The van der Waals surface area contributed by atoms with Crippen LogP contribution >= 0.6 is 21.6 Å². The molecule has 1 fully saturated rings. The summed E-state index contributed by atoms with van der Waals surface area (Å²) in [6.07, 6.45) is 3.91. The molecule has 4 nitrogen and oxygen atoms in total. The molecule has 0 bridgehead atoms. The van der Waals surface area contributed by atoms with Crippen molar-refractivity contribution in [2.75, 3.05) is 26.5 Å². The molecule has 0 amide bonds. The van der Waals surface area contributed by atoms with Gasteiger partial charge in [-0.15, -0.1) is 0 Å². The van der Waals surface area contributed by atoms with Gasteiger partial charge in [-0.05, 0) is 33.4 Å². The zero-order valence-corrected chi connectivity index (χ0v) is 12.7. The number of hydrogen-bond donors (Lipinski definition) is 2. The second-order valence-corrected chi connectivity index (χ2v) is 7.71. The Morgan fingerprint density at radius 3 is 2.67 bits per heavy atom. The Bertz CT molecular complexity index is 258. The molecule has 1 rings (SSSR count). The van der Waals surface area contributed by atoms with E-state index in [1.54, 1.807) is 4.90 Å². The Morgan fingerprint density at radius 2 is 2.22 bits per heavy atom. The quantitative estimate of drug-likeness (QED) is 0.667. The van der Waals surface area contributed by atoms with Crippen molar-refractivity contribution < 1.29 is 15.0 Å². The third-order valence-electron chi connectivity index (χ3n) is 3.40. The zero-order chi connectivity index (χ0) is 13.5. The van der Waals surface area contributed by atoms with E-state index in [4.69, 9.17) is 0 Å². The van der Waals surface area contributed by atoms with Gasteiger partial charge in [0.25, 0.3) is 0 Å². The van der Waals surface area contributed by atoms with Crippen molar-refractivity contribution in [3.05, 3.63) is 0 Å². The number of hydrogen-bond acceptors (Lipinski definition) is 5. The van der Waals surface area contributed by atoms with Gasteiger partial charge in [-0.25, -0.2) is 0 Å². The average Bonchev–Trinajstić information content (AvgIpc) is 2.80. The first-order valence-corrected chi connectivity index (χ1v) is 8.72. The summed E-state index contributed by atoms with van der Waals surface area (Å²) in [7, 11) is 7.49. The number of carboxylic acid groups (broad SMARTS) is 1. The zero-order valence-electron chi connectivity index (χ0n) is 11.0. The lowest BCUT2D eigenvalue weighted by Gasteiger charge is -2.28. The predicted molar refractivity (Wildman–Crippen MR) is 78.0 cm³/mol. The molecule has 3 unspecified atom stereocenters. The molecule has 1 saturated heterocycles. The Hall–Kier alpha value is 0.0900. The fourth-order valence-corrected chi connectivity index (χ4v) is 5.29. The van der Waals surface area contributed by atoms with Crippen LogP contribution in [0.3, 0.4) is 0 Å². The van der Waals surface area contributed by atoms with E-state index in [9.17, 15) is 15.0 Å². The lowest BCUT2D eigenvalue weighted by atomic mass is 9.93. The highest BCUT2D eigenvalue weighted by Gasteiger charge is 2.29. The first kappa shape index (κ1) is 16.1. The molecule has 2 N–H and O–H groups in total. The van der Waals surface area contributed by atoms with E-state index in [-0.39, 0.29) is 12.6 Å². The molecule has 0 saturated carbocycles. The number of carbonyl (C=O) groups is 1. The van der Waals surface area contributed by atoms with E-state index in [0.717, 1.165) is 12.8 Å². The molecule has 6 heteroatoms. The first-order valence-electron chi connectivity index (χ1n) is 6.34. The molecule has 3 atom stereocenters. The topological polar surface area (TPSA) is 60.8 Å². The molecule has 0 aliphatic carbocycles. The molecule has 0 aromatic carbocycles. The summed E-state index contributed by atoms with van der Waals surface area (Å²) in [5, 5.41) is 19.3. The predicted octanol–water partition coefficient (Wildman–Crippen LogP) is 1.93. The van der Waals surface area contributed by atoms with E-state index in [2.05, 4.69) is 0 Å². The smallest absolute Gasteiger partial charge is 0.308 e. The van der Waals surface area contributed by atoms with Gasteiger partial charge in [0, 0.05) is 17.0 Å². The van der Waals surface area contributed by atoms with Crippen molar-refractivity contribution >= 4 is 27.6 Å². The maximum Gasteiger partial charge on any atom is 0.308 e. The number of aliphatic carboxylic acids is 1. The van der Waals surface area contributed by atoms with Gasteiger partial charge in [-0.2, -0.15) is 0 Å². The number of aliphatic hydroxyl groups excluding tert-OH is 1. The Kier molecular flexibility index (Phi) is 7.44. The Balaban J connectivity index is 2.39. The first-order chi connectivity index (χ1) is 8.56. The molecule has 1 heterocycles. The van der Waals surface area contributed by atoms with E-state index in [1.165, 1.54) is 12.2 Å². The number of nitrogens with zero attached hydrogens (tertiary/aromatic N) is 1. The van der Waals surface area contributed by atoms with Crippen molar-refractivity contribution in [3.8, 4) is 0 Å². The van der Waals surface area contributed by atoms with E-state index in [0.29, 0.717) is 11.7 Å². The van der Waals surface area contributed by atoms with Gasteiger partial charge in [-0.1, -0.05) is 28.0 Å². The summed E-state index contributed by atoms with van der Waals surface area (Å²) in [6, 6.07) is -0.284. The molecule has 0 aromatic heterocycles. The SMILES string of the molecule is CN(C)C(CO)C(CCCC1CCSS1)C(=O)O. The monoisotopic (exact) mass is 293 g/mol. The van der Waals surface area contributed by atoms with Crippen molar-refractivity contribution in [2.24, 2.45) is 5.92 Å². The average molecular weight is 293 g/mol. The van der Waals surface area contributed by atoms with E-state index >= 15 is 0 Å². The summed E-state index contributed by atoms with van der Waals surface area (Å²) in [6.45, 7) is -0.0992. The fraction of sp³-hybridized carbons (Fsp3) is 0.917. The second-order valence-electron chi connectivity index (χ2n) is 4.92. The standard InChI is InChI=1S/C12H23NO3S2/c1-13(2)11(8-14)10(12(15)16)5-3-4-9-6-7-17-18-9/h9-11,14H,3-8H2,1-2H3,(H,15,16). The van der Waals surface area contributed by atoms with Gasteiger partial charge >= 0.3 is 5.97 Å². The van der Waals surface area contributed by atoms with Gasteiger partial charge in [0.05, 0.1) is 12.5 Å². The lowest BCUT2D eigenvalue weighted by Crippen LogP contribution is -2.42. The van der Waals surface area contributed by atoms with Crippen LogP contribution in [0.2, 0.25) is 0 Å². The minimum atomic E-state index is -0.795. The molecule has 106 valence electrons. The van der Waals surface area contributed by atoms with Crippen LogP contribution in [0.4, 0.5) is 0 Å². The molecule has 1 aliphatic rings. The molecular weight excluding hydrogens is 270 g/mol. The van der Waals surface area contributed by atoms with E-state index < -0.39 is 11.9 Å². The third kappa shape index (κ3) is 4.99. The minimum absolute atomic E-state index is 0.0992. The second kappa shape index (κ2) is 8.30. The van der Waals surface area contributed by atoms with Crippen LogP contribution in [0, 0.1) is 5.92 Å². The van der Waals surface area contributed by atoms with Gasteiger partial charge in [0.15, 0.2) is 0 Å². The van der Waals surface area contributed by atoms with Crippen LogP contribution in [-0.2, 0) is 4.79 Å². The van der Waals surface area contributed by atoms with Crippen LogP contribution < -0.4 is 0 Å². The van der Waals surface area contributed by atoms with Crippen molar-refractivity contribution in [3.63, 3.8) is 0 Å². The number of rotatable bonds is 8. The molecular formula is C12H23NO3S2. The van der Waals surface area contributed by atoms with Crippen LogP contribution in [0.15, 0.2) is 0 Å². The van der Waals surface area contributed by atoms with Crippen molar-refractivity contribution in [1.29, 1.82) is 0 Å². The molecule has 0 aromatic rings. The molecule has 0 spiro atoms. The molecule has 0 radical (unpaired) electrons. The van der Waals surface area contributed by atoms with Gasteiger partial charge in [0.1, 0.15) is 0 Å². The van der Waals surface area contributed by atoms with Crippen molar-refractivity contribution in [1.82, 2.24) is 4.90 Å². The maximum absolute atomic E-state index is 11.3. The van der Waals surface area contributed by atoms with Crippen LogP contribution in [0.1, 0.15) is 25.7 Å². The summed E-state index contributed by atoms with van der Waals surface area (Å²) in [5.74, 6) is -0.0467. The van der Waals surface area contributed by atoms with Gasteiger partial charge < -0.3 is 15.1 Å². The van der Waals surface area contributed by atoms with Crippen LogP contribution in [0.5, 0.6) is 0 Å². The fourth-order valence-electron chi connectivity index (χ4n) is 2.26. The largest absolute Gasteiger partial charge is 0.481 e. The highest BCUT2D eigenvalue weighted by molar-refractivity contribution is 8.77. The number of carboxylic acids is 1. The van der Waals surface area contributed by atoms with Crippen LogP contribution in [-0.4, -0.2) is 58.8 Å². The number of aliphatic hydroxyl groups is 1. The van der Waals surface area contributed by atoms with Crippen LogP contribution in [0.25, 0.3) is 0 Å². The number of likely N-dealkylation sites (N-methyl/N-ethyl adjacent to an activating group) is 1. The van der Waals surface area contributed by atoms with E-state index in [1.807, 2.05) is 35.7 Å².